The second-order valence-corrected chi connectivity index (χ2v) is 4.70. The third-order valence-electron chi connectivity index (χ3n) is 3.26. The molecule has 1 aliphatic heterocycles. The van der Waals surface area contributed by atoms with Gasteiger partial charge in [-0.05, 0) is 37.9 Å². The molecule has 2 heterocycles. The number of aromatic nitrogens is 1. The van der Waals surface area contributed by atoms with E-state index in [9.17, 15) is 10.1 Å². The largest absolute Gasteiger partial charge is 0.354 e. The second kappa shape index (κ2) is 5.77. The number of nitrogens with zero attached hydrogens (tertiary/aromatic N) is 3. The average molecular weight is 250 g/mol. The van der Waals surface area contributed by atoms with Crippen LogP contribution in [0.2, 0.25) is 0 Å². The quantitative estimate of drug-likeness (QED) is 0.646. The first kappa shape index (κ1) is 12.8. The maximum atomic E-state index is 10.9. The van der Waals surface area contributed by atoms with Gasteiger partial charge in [-0.2, -0.15) is 0 Å². The lowest BCUT2D eigenvalue weighted by molar-refractivity contribution is -0.384. The first-order valence-electron chi connectivity index (χ1n) is 6.19. The van der Waals surface area contributed by atoms with Crippen molar-refractivity contribution in [1.82, 2.24) is 10.3 Å². The number of nitrogens with one attached hydrogen (secondary N) is 1. The zero-order valence-corrected chi connectivity index (χ0v) is 10.5. The van der Waals surface area contributed by atoms with Crippen molar-refractivity contribution >= 4 is 11.5 Å². The van der Waals surface area contributed by atoms with Gasteiger partial charge in [0.2, 0.25) is 5.82 Å². The van der Waals surface area contributed by atoms with Gasteiger partial charge in [-0.15, -0.1) is 0 Å². The van der Waals surface area contributed by atoms with E-state index in [0.717, 1.165) is 26.1 Å². The molecular formula is C12H18N4O2. The summed E-state index contributed by atoms with van der Waals surface area (Å²) < 4.78 is 0. The van der Waals surface area contributed by atoms with Gasteiger partial charge in [0.25, 0.3) is 0 Å². The zero-order chi connectivity index (χ0) is 13.0. The standard InChI is InChI=1S/C12H18N4O2/c1-15(9-10-4-2-6-13-8-10)12-11(16(17)18)5-3-7-14-12/h3,5,7,10,13H,2,4,6,8-9H2,1H3/t10-/m0/s1. The van der Waals surface area contributed by atoms with Crippen LogP contribution in [0.15, 0.2) is 18.3 Å². The van der Waals surface area contributed by atoms with Crippen LogP contribution in [0, 0.1) is 16.0 Å². The van der Waals surface area contributed by atoms with Crippen LogP contribution in [0.1, 0.15) is 12.8 Å². The molecule has 6 heteroatoms. The molecule has 0 bridgehead atoms. The monoisotopic (exact) mass is 250 g/mol. The number of piperidine rings is 1. The first-order valence-corrected chi connectivity index (χ1v) is 6.19. The molecule has 1 aliphatic rings. The molecule has 2 rings (SSSR count). The Morgan fingerprint density at radius 2 is 2.50 bits per heavy atom. The van der Waals surface area contributed by atoms with E-state index in [1.165, 1.54) is 12.5 Å². The molecule has 0 amide bonds. The summed E-state index contributed by atoms with van der Waals surface area (Å²) in [7, 11) is 1.87. The summed E-state index contributed by atoms with van der Waals surface area (Å²) >= 11 is 0. The molecule has 1 aromatic rings. The van der Waals surface area contributed by atoms with Crippen molar-refractivity contribution in [3.63, 3.8) is 0 Å². The highest BCUT2D eigenvalue weighted by Crippen LogP contribution is 2.25. The SMILES string of the molecule is CN(C[C@H]1CCCNC1)c1ncccc1[N+](=O)[O-]. The van der Waals surface area contributed by atoms with Crippen LogP contribution >= 0.6 is 0 Å². The minimum absolute atomic E-state index is 0.0729. The minimum atomic E-state index is -0.377. The van der Waals surface area contributed by atoms with E-state index in [1.54, 1.807) is 12.3 Å². The number of hydrogen-bond acceptors (Lipinski definition) is 5. The Morgan fingerprint density at radius 3 is 3.17 bits per heavy atom. The predicted octanol–water partition coefficient (Wildman–Crippen LogP) is 1.43. The Balaban J connectivity index is 2.08. The molecule has 1 fully saturated rings. The lowest BCUT2D eigenvalue weighted by Crippen LogP contribution is -2.37. The van der Waals surface area contributed by atoms with Crippen LogP contribution < -0.4 is 10.2 Å². The van der Waals surface area contributed by atoms with E-state index in [0.29, 0.717) is 11.7 Å². The van der Waals surface area contributed by atoms with Crippen molar-refractivity contribution in [2.75, 3.05) is 31.6 Å². The van der Waals surface area contributed by atoms with Gasteiger partial charge in [-0.25, -0.2) is 4.98 Å². The highest BCUT2D eigenvalue weighted by atomic mass is 16.6. The van der Waals surface area contributed by atoms with E-state index in [1.807, 2.05) is 11.9 Å². The number of rotatable bonds is 4. The Labute approximate surface area is 106 Å². The molecule has 1 atom stereocenters. The maximum Gasteiger partial charge on any atom is 0.311 e. The van der Waals surface area contributed by atoms with Crippen molar-refractivity contribution in [1.29, 1.82) is 0 Å². The van der Waals surface area contributed by atoms with E-state index in [-0.39, 0.29) is 10.6 Å². The predicted molar refractivity (Wildman–Crippen MR) is 69.8 cm³/mol. The van der Waals surface area contributed by atoms with Crippen LogP contribution in [0.25, 0.3) is 0 Å². The van der Waals surface area contributed by atoms with Crippen molar-refractivity contribution in [2.45, 2.75) is 12.8 Å². The summed E-state index contributed by atoms with van der Waals surface area (Å²) in [6.07, 6.45) is 3.93. The van der Waals surface area contributed by atoms with Crippen molar-refractivity contribution in [3.05, 3.63) is 28.4 Å². The van der Waals surface area contributed by atoms with Crippen molar-refractivity contribution in [2.24, 2.45) is 5.92 Å². The lowest BCUT2D eigenvalue weighted by Gasteiger charge is -2.27. The summed E-state index contributed by atoms with van der Waals surface area (Å²) in [5.41, 5.74) is 0.0729. The Bertz CT molecular complexity index is 418. The molecule has 0 spiro atoms. The van der Waals surface area contributed by atoms with Gasteiger partial charge in [0.15, 0.2) is 0 Å². The fourth-order valence-corrected chi connectivity index (χ4v) is 2.38. The molecule has 0 aromatic carbocycles. The van der Waals surface area contributed by atoms with Crippen molar-refractivity contribution < 1.29 is 4.92 Å². The Hall–Kier alpha value is -1.69. The highest BCUT2D eigenvalue weighted by molar-refractivity contribution is 5.56. The van der Waals surface area contributed by atoms with Crippen LogP contribution in [0.3, 0.4) is 0 Å². The van der Waals surface area contributed by atoms with Gasteiger partial charge in [0.05, 0.1) is 4.92 Å². The normalized spacial score (nSPS) is 19.5. The Kier molecular flexibility index (Phi) is 4.09. The van der Waals surface area contributed by atoms with Gasteiger partial charge in [-0.3, -0.25) is 10.1 Å². The molecule has 18 heavy (non-hydrogen) atoms. The fraction of sp³-hybridized carbons (Fsp3) is 0.583. The molecule has 1 saturated heterocycles. The van der Waals surface area contributed by atoms with Crippen LogP contribution in [-0.2, 0) is 0 Å². The molecule has 1 aromatic heterocycles. The summed E-state index contributed by atoms with van der Waals surface area (Å²) in [4.78, 5) is 16.6. The van der Waals surface area contributed by atoms with Gasteiger partial charge in [0.1, 0.15) is 0 Å². The molecule has 98 valence electrons. The average Bonchev–Trinajstić information content (AvgIpc) is 2.40. The summed E-state index contributed by atoms with van der Waals surface area (Å²) in [5.74, 6) is 0.985. The van der Waals surface area contributed by atoms with E-state index in [4.69, 9.17) is 0 Å². The first-order chi connectivity index (χ1) is 8.68. The number of hydrogen-bond donors (Lipinski definition) is 1. The maximum absolute atomic E-state index is 10.9. The zero-order valence-electron chi connectivity index (χ0n) is 10.5. The second-order valence-electron chi connectivity index (χ2n) is 4.70. The van der Waals surface area contributed by atoms with E-state index >= 15 is 0 Å². The number of anilines is 1. The topological polar surface area (TPSA) is 71.3 Å². The van der Waals surface area contributed by atoms with Crippen LogP contribution in [-0.4, -0.2) is 36.6 Å². The van der Waals surface area contributed by atoms with Gasteiger partial charge in [-0.1, -0.05) is 0 Å². The van der Waals surface area contributed by atoms with E-state index in [2.05, 4.69) is 10.3 Å². The fourth-order valence-electron chi connectivity index (χ4n) is 2.38. The third kappa shape index (κ3) is 2.95. The lowest BCUT2D eigenvalue weighted by atomic mass is 9.99. The number of pyridine rings is 1. The minimum Gasteiger partial charge on any atom is -0.354 e. The molecule has 0 saturated carbocycles. The smallest absolute Gasteiger partial charge is 0.311 e. The molecule has 0 unspecified atom stereocenters. The van der Waals surface area contributed by atoms with Crippen LogP contribution in [0.4, 0.5) is 11.5 Å². The van der Waals surface area contributed by atoms with Gasteiger partial charge >= 0.3 is 5.69 Å². The van der Waals surface area contributed by atoms with Gasteiger partial charge in [0, 0.05) is 25.9 Å². The molecule has 6 nitrogen and oxygen atoms in total. The summed E-state index contributed by atoms with van der Waals surface area (Å²) in [5, 5.41) is 14.3. The number of nitro groups is 1. The molecular weight excluding hydrogens is 232 g/mol. The molecule has 0 aliphatic carbocycles. The highest BCUT2D eigenvalue weighted by Gasteiger charge is 2.21. The summed E-state index contributed by atoms with van der Waals surface area (Å²) in [6, 6.07) is 3.09. The summed E-state index contributed by atoms with van der Waals surface area (Å²) in [6.45, 7) is 2.85. The van der Waals surface area contributed by atoms with Gasteiger partial charge < -0.3 is 10.2 Å². The van der Waals surface area contributed by atoms with E-state index < -0.39 is 0 Å². The van der Waals surface area contributed by atoms with Crippen molar-refractivity contribution in [3.8, 4) is 0 Å². The Morgan fingerprint density at radius 1 is 1.67 bits per heavy atom. The molecule has 1 N–H and O–H groups in total. The molecule has 0 radical (unpaired) electrons. The third-order valence-corrected chi connectivity index (χ3v) is 3.26. The van der Waals surface area contributed by atoms with Crippen LogP contribution in [0.5, 0.6) is 0 Å².